The highest BCUT2D eigenvalue weighted by atomic mass is 32.2. The molecule has 3 rings (SSSR count). The SMILES string of the molecule is CC(=O)Nc1ccc(NC(=O)[C@@H](C)Sc2n[nH]c(=O)n2C[C@H]2CCCO2)cc1. The average Bonchev–Trinajstić information content (AvgIpc) is 3.28. The lowest BCUT2D eigenvalue weighted by molar-refractivity contribution is -0.115. The minimum absolute atomic E-state index is 0.000842. The first kappa shape index (κ1) is 20.2. The van der Waals surface area contributed by atoms with Crippen LogP contribution < -0.4 is 16.3 Å². The fraction of sp³-hybridized carbons (Fsp3) is 0.444. The maximum absolute atomic E-state index is 12.5. The highest BCUT2D eigenvalue weighted by Gasteiger charge is 2.23. The predicted octanol–water partition coefficient (Wildman–Crippen LogP) is 1.83. The van der Waals surface area contributed by atoms with Gasteiger partial charge in [-0.3, -0.25) is 14.2 Å². The van der Waals surface area contributed by atoms with Crippen molar-refractivity contribution in [1.82, 2.24) is 14.8 Å². The van der Waals surface area contributed by atoms with Crippen molar-refractivity contribution >= 4 is 35.0 Å². The van der Waals surface area contributed by atoms with Gasteiger partial charge in [0.15, 0.2) is 5.16 Å². The molecule has 0 saturated carbocycles. The third-order valence-corrected chi connectivity index (χ3v) is 5.35. The number of hydrogen-bond acceptors (Lipinski definition) is 6. The Morgan fingerprint density at radius 3 is 2.61 bits per heavy atom. The Labute approximate surface area is 166 Å². The topological polar surface area (TPSA) is 118 Å². The van der Waals surface area contributed by atoms with Crippen molar-refractivity contribution in [2.24, 2.45) is 0 Å². The summed E-state index contributed by atoms with van der Waals surface area (Å²) in [6, 6.07) is 6.84. The van der Waals surface area contributed by atoms with Crippen LogP contribution in [-0.2, 0) is 20.9 Å². The molecule has 1 aliphatic heterocycles. The van der Waals surface area contributed by atoms with E-state index < -0.39 is 5.25 Å². The fourth-order valence-corrected chi connectivity index (χ4v) is 3.71. The van der Waals surface area contributed by atoms with E-state index >= 15 is 0 Å². The summed E-state index contributed by atoms with van der Waals surface area (Å²) in [7, 11) is 0. The smallest absolute Gasteiger partial charge is 0.344 e. The van der Waals surface area contributed by atoms with Gasteiger partial charge in [-0.1, -0.05) is 11.8 Å². The van der Waals surface area contributed by atoms with Crippen LogP contribution in [0.2, 0.25) is 0 Å². The zero-order chi connectivity index (χ0) is 20.1. The number of aromatic nitrogens is 3. The van der Waals surface area contributed by atoms with Gasteiger partial charge in [0.2, 0.25) is 11.8 Å². The Kier molecular flexibility index (Phi) is 6.53. The van der Waals surface area contributed by atoms with Gasteiger partial charge in [-0.15, -0.1) is 5.10 Å². The Bertz CT molecular complexity index is 886. The third kappa shape index (κ3) is 5.23. The minimum Gasteiger partial charge on any atom is -0.376 e. The summed E-state index contributed by atoms with van der Waals surface area (Å²) in [5, 5.41) is 12.0. The highest BCUT2D eigenvalue weighted by Crippen LogP contribution is 2.23. The van der Waals surface area contributed by atoms with E-state index in [-0.39, 0.29) is 23.6 Å². The van der Waals surface area contributed by atoms with E-state index in [0.29, 0.717) is 29.7 Å². The van der Waals surface area contributed by atoms with Crippen LogP contribution in [0, 0.1) is 0 Å². The van der Waals surface area contributed by atoms with Crippen LogP contribution in [0.4, 0.5) is 11.4 Å². The summed E-state index contributed by atoms with van der Waals surface area (Å²) in [5.74, 6) is -0.369. The second-order valence-electron chi connectivity index (χ2n) is 6.56. The Balaban J connectivity index is 1.60. The van der Waals surface area contributed by atoms with E-state index in [2.05, 4.69) is 20.8 Å². The molecule has 2 aromatic rings. The number of H-pyrrole nitrogens is 1. The van der Waals surface area contributed by atoms with E-state index in [1.807, 2.05) is 0 Å². The monoisotopic (exact) mass is 405 g/mol. The van der Waals surface area contributed by atoms with Crippen LogP contribution in [-0.4, -0.2) is 44.5 Å². The number of nitrogens with one attached hydrogen (secondary N) is 3. The molecule has 0 aliphatic carbocycles. The number of ether oxygens (including phenoxy) is 1. The summed E-state index contributed by atoms with van der Waals surface area (Å²) < 4.78 is 7.11. The normalized spacial score (nSPS) is 17.3. The van der Waals surface area contributed by atoms with E-state index in [1.54, 1.807) is 31.2 Å². The Morgan fingerprint density at radius 1 is 1.32 bits per heavy atom. The molecule has 150 valence electrons. The number of aromatic amines is 1. The van der Waals surface area contributed by atoms with Gasteiger partial charge in [-0.05, 0) is 44.0 Å². The molecule has 0 bridgehead atoms. The maximum Gasteiger partial charge on any atom is 0.344 e. The van der Waals surface area contributed by atoms with Gasteiger partial charge in [0.25, 0.3) is 0 Å². The van der Waals surface area contributed by atoms with Gasteiger partial charge < -0.3 is 15.4 Å². The number of anilines is 2. The summed E-state index contributed by atoms with van der Waals surface area (Å²) in [6.45, 7) is 4.32. The van der Waals surface area contributed by atoms with Crippen molar-refractivity contribution < 1.29 is 14.3 Å². The van der Waals surface area contributed by atoms with Crippen LogP contribution in [0.3, 0.4) is 0 Å². The lowest BCUT2D eigenvalue weighted by Gasteiger charge is -2.14. The third-order valence-electron chi connectivity index (χ3n) is 4.26. The van der Waals surface area contributed by atoms with E-state index in [0.717, 1.165) is 12.8 Å². The number of nitrogens with zero attached hydrogens (tertiary/aromatic N) is 2. The van der Waals surface area contributed by atoms with Crippen molar-refractivity contribution in [3.63, 3.8) is 0 Å². The first-order valence-electron chi connectivity index (χ1n) is 9.04. The number of thioether (sulfide) groups is 1. The molecule has 0 radical (unpaired) electrons. The quantitative estimate of drug-likeness (QED) is 0.605. The van der Waals surface area contributed by atoms with Gasteiger partial charge in [-0.2, -0.15) is 0 Å². The van der Waals surface area contributed by atoms with E-state index in [9.17, 15) is 14.4 Å². The molecule has 2 amide bonds. The van der Waals surface area contributed by atoms with Gasteiger partial charge in [0.1, 0.15) is 0 Å². The van der Waals surface area contributed by atoms with Gasteiger partial charge in [-0.25, -0.2) is 9.89 Å². The van der Waals surface area contributed by atoms with E-state index in [1.165, 1.54) is 23.3 Å². The van der Waals surface area contributed by atoms with Crippen LogP contribution in [0.25, 0.3) is 0 Å². The molecule has 0 spiro atoms. The molecule has 1 fully saturated rings. The molecular formula is C18H23N5O4S. The van der Waals surface area contributed by atoms with Crippen LogP contribution in [0.1, 0.15) is 26.7 Å². The molecule has 9 nitrogen and oxygen atoms in total. The molecule has 2 heterocycles. The molecule has 1 saturated heterocycles. The first-order valence-corrected chi connectivity index (χ1v) is 9.92. The number of rotatable bonds is 7. The number of carbonyl (C=O) groups is 2. The second kappa shape index (κ2) is 9.07. The van der Waals surface area contributed by atoms with Crippen LogP contribution >= 0.6 is 11.8 Å². The van der Waals surface area contributed by atoms with Crippen molar-refractivity contribution in [2.45, 2.75) is 49.7 Å². The molecule has 3 N–H and O–H groups in total. The lowest BCUT2D eigenvalue weighted by Crippen LogP contribution is -2.26. The molecular weight excluding hydrogens is 382 g/mol. The second-order valence-corrected chi connectivity index (χ2v) is 7.87. The molecule has 1 aliphatic rings. The molecule has 1 aromatic carbocycles. The Morgan fingerprint density at radius 2 is 2.00 bits per heavy atom. The maximum atomic E-state index is 12.5. The van der Waals surface area contributed by atoms with Crippen LogP contribution in [0.5, 0.6) is 0 Å². The highest BCUT2D eigenvalue weighted by molar-refractivity contribution is 8.00. The van der Waals surface area contributed by atoms with Crippen molar-refractivity contribution in [3.8, 4) is 0 Å². The summed E-state index contributed by atoms with van der Waals surface area (Å²) in [5.41, 5.74) is 0.965. The molecule has 10 heteroatoms. The number of benzene rings is 1. The largest absolute Gasteiger partial charge is 0.376 e. The minimum atomic E-state index is -0.464. The number of hydrogen-bond donors (Lipinski definition) is 3. The first-order chi connectivity index (χ1) is 13.4. The zero-order valence-corrected chi connectivity index (χ0v) is 16.5. The Hall–Kier alpha value is -2.59. The molecule has 1 aromatic heterocycles. The van der Waals surface area contributed by atoms with Crippen molar-refractivity contribution in [3.05, 3.63) is 34.7 Å². The zero-order valence-electron chi connectivity index (χ0n) is 15.7. The lowest BCUT2D eigenvalue weighted by atomic mass is 10.2. The van der Waals surface area contributed by atoms with Gasteiger partial charge >= 0.3 is 5.69 Å². The van der Waals surface area contributed by atoms with Crippen molar-refractivity contribution in [2.75, 3.05) is 17.2 Å². The van der Waals surface area contributed by atoms with E-state index in [4.69, 9.17) is 4.74 Å². The summed E-state index contributed by atoms with van der Waals surface area (Å²) in [4.78, 5) is 35.6. The molecule has 0 unspecified atom stereocenters. The fourth-order valence-electron chi connectivity index (χ4n) is 2.84. The molecule has 28 heavy (non-hydrogen) atoms. The molecule has 2 atom stereocenters. The number of carbonyl (C=O) groups excluding carboxylic acids is 2. The van der Waals surface area contributed by atoms with Gasteiger partial charge in [0, 0.05) is 24.9 Å². The number of amides is 2. The van der Waals surface area contributed by atoms with Crippen LogP contribution in [0.15, 0.2) is 34.2 Å². The summed E-state index contributed by atoms with van der Waals surface area (Å²) in [6.07, 6.45) is 1.90. The summed E-state index contributed by atoms with van der Waals surface area (Å²) >= 11 is 1.21. The predicted molar refractivity (Wildman–Crippen MR) is 107 cm³/mol. The standard InChI is InChI=1S/C18H23N5O4S/c1-11(16(25)20-14-7-5-13(6-8-14)19-12(2)24)28-18-22-21-17(26)23(18)10-15-4-3-9-27-15/h5-8,11,15H,3-4,9-10H2,1-2H3,(H,19,24)(H,20,25)(H,21,26)/t11-,15-/m1/s1. The average molecular weight is 405 g/mol. The van der Waals surface area contributed by atoms with Gasteiger partial charge in [0.05, 0.1) is 17.9 Å². The van der Waals surface area contributed by atoms with Crippen molar-refractivity contribution in [1.29, 1.82) is 0 Å².